The largest absolute Gasteiger partial charge is 0.379 e. The summed E-state index contributed by atoms with van der Waals surface area (Å²) in [5, 5.41) is 0. The van der Waals surface area contributed by atoms with Gasteiger partial charge >= 0.3 is 0 Å². The van der Waals surface area contributed by atoms with Crippen molar-refractivity contribution in [2.75, 3.05) is 13.2 Å². The van der Waals surface area contributed by atoms with Gasteiger partial charge in [0.1, 0.15) is 0 Å². The minimum atomic E-state index is -0.0428. The van der Waals surface area contributed by atoms with Gasteiger partial charge in [-0.2, -0.15) is 0 Å². The molecule has 0 amide bonds. The molecule has 0 aliphatic carbocycles. The van der Waals surface area contributed by atoms with E-state index >= 15 is 0 Å². The van der Waals surface area contributed by atoms with E-state index in [9.17, 15) is 0 Å². The number of ether oxygens (including phenoxy) is 3. The Labute approximate surface area is 74.0 Å². The summed E-state index contributed by atoms with van der Waals surface area (Å²) in [6, 6.07) is 0. The van der Waals surface area contributed by atoms with Crippen LogP contribution in [-0.2, 0) is 14.2 Å². The molecule has 0 aromatic rings. The van der Waals surface area contributed by atoms with Crippen LogP contribution in [0.4, 0.5) is 0 Å². The first-order valence-electron chi connectivity index (χ1n) is 4.57. The van der Waals surface area contributed by atoms with E-state index < -0.39 is 0 Å². The van der Waals surface area contributed by atoms with E-state index in [2.05, 4.69) is 0 Å². The van der Waals surface area contributed by atoms with Gasteiger partial charge in [-0.3, -0.25) is 0 Å². The Hall–Kier alpha value is -0.120. The van der Waals surface area contributed by atoms with Crippen molar-refractivity contribution in [3.05, 3.63) is 0 Å². The molecule has 0 aromatic heterocycles. The van der Waals surface area contributed by atoms with Crippen LogP contribution < -0.4 is 0 Å². The van der Waals surface area contributed by atoms with E-state index in [-0.39, 0.29) is 12.4 Å². The number of hydrogen-bond donors (Lipinski definition) is 0. The van der Waals surface area contributed by atoms with E-state index in [0.29, 0.717) is 12.7 Å². The van der Waals surface area contributed by atoms with Gasteiger partial charge in [0.15, 0.2) is 6.29 Å². The summed E-state index contributed by atoms with van der Waals surface area (Å²) in [6.45, 7) is 7.50. The normalized spacial score (nSPS) is 30.0. The molecular weight excluding hydrogens is 156 g/mol. The fourth-order valence-corrected chi connectivity index (χ4v) is 1.13. The molecule has 1 aliphatic rings. The summed E-state index contributed by atoms with van der Waals surface area (Å²) >= 11 is 0. The van der Waals surface area contributed by atoms with Crippen LogP contribution in [0.3, 0.4) is 0 Å². The van der Waals surface area contributed by atoms with Crippen LogP contribution >= 0.6 is 0 Å². The van der Waals surface area contributed by atoms with Gasteiger partial charge in [-0.15, -0.1) is 0 Å². The zero-order chi connectivity index (χ0) is 8.97. The average molecular weight is 174 g/mol. The van der Waals surface area contributed by atoms with E-state index in [1.54, 1.807) is 0 Å². The van der Waals surface area contributed by atoms with Crippen LogP contribution in [0.25, 0.3) is 0 Å². The smallest absolute Gasteiger partial charge is 0.160 e. The van der Waals surface area contributed by atoms with Crippen molar-refractivity contribution in [3.63, 3.8) is 0 Å². The molecule has 0 bridgehead atoms. The lowest BCUT2D eigenvalue weighted by molar-refractivity contribution is -0.0769. The van der Waals surface area contributed by atoms with Gasteiger partial charge in [0.05, 0.1) is 25.4 Å². The van der Waals surface area contributed by atoms with Gasteiger partial charge in [-0.25, -0.2) is 0 Å². The Kier molecular flexibility index (Phi) is 3.98. The van der Waals surface area contributed by atoms with Crippen LogP contribution in [0.5, 0.6) is 0 Å². The molecule has 72 valence electrons. The second-order valence-corrected chi connectivity index (χ2v) is 3.42. The molecule has 0 saturated carbocycles. The van der Waals surface area contributed by atoms with Crippen molar-refractivity contribution in [3.8, 4) is 0 Å². The molecule has 2 atom stereocenters. The van der Waals surface area contributed by atoms with Crippen LogP contribution in [-0.4, -0.2) is 31.7 Å². The maximum atomic E-state index is 5.44. The standard InChI is InChI=1S/C9H18O3/c1-7(2)10-5-4-9-11-6-8(3)12-9/h7-9H,4-6H2,1-3H3/t8-,9-/m1/s1. The summed E-state index contributed by atoms with van der Waals surface area (Å²) in [6.07, 6.45) is 1.33. The van der Waals surface area contributed by atoms with Crippen molar-refractivity contribution in [1.82, 2.24) is 0 Å². The van der Waals surface area contributed by atoms with Crippen LogP contribution in [0.2, 0.25) is 0 Å². The molecule has 1 fully saturated rings. The maximum absolute atomic E-state index is 5.44. The van der Waals surface area contributed by atoms with Crippen molar-refractivity contribution in [2.24, 2.45) is 0 Å². The van der Waals surface area contributed by atoms with E-state index in [4.69, 9.17) is 14.2 Å². The molecule has 0 N–H and O–H groups in total. The Balaban J connectivity index is 2.00. The highest BCUT2D eigenvalue weighted by Gasteiger charge is 2.21. The Bertz CT molecular complexity index is 125. The zero-order valence-corrected chi connectivity index (χ0v) is 8.08. The third-order valence-electron chi connectivity index (χ3n) is 1.71. The molecular formula is C9H18O3. The van der Waals surface area contributed by atoms with Crippen LogP contribution in [0.1, 0.15) is 27.2 Å². The van der Waals surface area contributed by atoms with Crippen molar-refractivity contribution >= 4 is 0 Å². The fraction of sp³-hybridized carbons (Fsp3) is 1.00. The average Bonchev–Trinajstić information content (AvgIpc) is 2.35. The SMILES string of the molecule is CC(C)OCC[C@@H]1OC[C@@H](C)O1. The summed E-state index contributed by atoms with van der Waals surface area (Å²) in [5.74, 6) is 0. The molecule has 0 radical (unpaired) electrons. The summed E-state index contributed by atoms with van der Waals surface area (Å²) < 4.78 is 16.2. The molecule has 12 heavy (non-hydrogen) atoms. The minimum Gasteiger partial charge on any atom is -0.379 e. The van der Waals surface area contributed by atoms with Crippen molar-refractivity contribution in [2.45, 2.75) is 45.7 Å². The first-order valence-corrected chi connectivity index (χ1v) is 4.57. The molecule has 0 spiro atoms. The zero-order valence-electron chi connectivity index (χ0n) is 8.08. The summed E-state index contributed by atoms with van der Waals surface area (Å²) in [4.78, 5) is 0. The molecule has 1 rings (SSSR count). The third kappa shape index (κ3) is 3.52. The maximum Gasteiger partial charge on any atom is 0.160 e. The Morgan fingerprint density at radius 3 is 2.75 bits per heavy atom. The quantitative estimate of drug-likeness (QED) is 0.647. The van der Waals surface area contributed by atoms with E-state index in [1.807, 2.05) is 20.8 Å². The van der Waals surface area contributed by atoms with Gasteiger partial charge in [0.2, 0.25) is 0 Å². The Morgan fingerprint density at radius 1 is 1.50 bits per heavy atom. The first kappa shape index (κ1) is 9.96. The van der Waals surface area contributed by atoms with Crippen LogP contribution in [0.15, 0.2) is 0 Å². The van der Waals surface area contributed by atoms with Crippen LogP contribution in [0, 0.1) is 0 Å². The lowest BCUT2D eigenvalue weighted by Crippen LogP contribution is -2.14. The molecule has 3 nitrogen and oxygen atoms in total. The second-order valence-electron chi connectivity index (χ2n) is 3.42. The lowest BCUT2D eigenvalue weighted by Gasteiger charge is -2.11. The highest BCUT2D eigenvalue weighted by Crippen LogP contribution is 2.13. The molecule has 1 saturated heterocycles. The summed E-state index contributed by atoms with van der Waals surface area (Å²) in [5.41, 5.74) is 0. The Morgan fingerprint density at radius 2 is 2.25 bits per heavy atom. The molecule has 1 aliphatic heterocycles. The summed E-state index contributed by atoms with van der Waals surface area (Å²) in [7, 11) is 0. The highest BCUT2D eigenvalue weighted by atomic mass is 16.7. The van der Waals surface area contributed by atoms with Gasteiger partial charge in [-0.05, 0) is 20.8 Å². The number of rotatable bonds is 4. The monoisotopic (exact) mass is 174 g/mol. The van der Waals surface area contributed by atoms with Crippen molar-refractivity contribution in [1.29, 1.82) is 0 Å². The minimum absolute atomic E-state index is 0.0428. The van der Waals surface area contributed by atoms with E-state index in [0.717, 1.165) is 13.0 Å². The fourth-order valence-electron chi connectivity index (χ4n) is 1.13. The van der Waals surface area contributed by atoms with Gasteiger partial charge in [0, 0.05) is 6.42 Å². The molecule has 1 heterocycles. The predicted molar refractivity (Wildman–Crippen MR) is 46.0 cm³/mol. The lowest BCUT2D eigenvalue weighted by atomic mass is 10.4. The van der Waals surface area contributed by atoms with E-state index in [1.165, 1.54) is 0 Å². The first-order chi connectivity index (χ1) is 5.68. The molecule has 3 heteroatoms. The topological polar surface area (TPSA) is 27.7 Å². The molecule has 0 unspecified atom stereocenters. The number of hydrogen-bond acceptors (Lipinski definition) is 3. The van der Waals surface area contributed by atoms with Gasteiger partial charge < -0.3 is 14.2 Å². The highest BCUT2D eigenvalue weighted by molar-refractivity contribution is 4.59. The van der Waals surface area contributed by atoms with Gasteiger partial charge in [0.25, 0.3) is 0 Å². The predicted octanol–water partition coefficient (Wildman–Crippen LogP) is 1.56. The second kappa shape index (κ2) is 4.80. The third-order valence-corrected chi connectivity index (χ3v) is 1.71. The van der Waals surface area contributed by atoms with Gasteiger partial charge in [-0.1, -0.05) is 0 Å². The molecule has 0 aromatic carbocycles. The van der Waals surface area contributed by atoms with Crippen molar-refractivity contribution < 1.29 is 14.2 Å².